The van der Waals surface area contributed by atoms with Crippen LogP contribution < -0.4 is 15.4 Å². The van der Waals surface area contributed by atoms with Crippen molar-refractivity contribution in [3.05, 3.63) is 24.3 Å². The Balaban J connectivity index is 2.01. The summed E-state index contributed by atoms with van der Waals surface area (Å²) in [5.41, 5.74) is 6.63. The second kappa shape index (κ2) is 5.92. The average Bonchev–Trinajstić information content (AvgIpc) is 2.55. The maximum Gasteiger partial charge on any atom is 0.230 e. The van der Waals surface area contributed by atoms with Gasteiger partial charge in [-0.1, -0.05) is 12.1 Å². The molecular formula is C14H17N5O2. The Morgan fingerprint density at radius 3 is 2.67 bits per heavy atom. The van der Waals surface area contributed by atoms with Crippen LogP contribution in [0, 0.1) is 0 Å². The van der Waals surface area contributed by atoms with Gasteiger partial charge < -0.3 is 20.1 Å². The van der Waals surface area contributed by atoms with Gasteiger partial charge in [-0.15, -0.1) is 0 Å². The molecule has 2 N–H and O–H groups in total. The van der Waals surface area contributed by atoms with E-state index in [9.17, 15) is 0 Å². The Bertz CT molecular complexity index is 629. The number of morpholine rings is 1. The summed E-state index contributed by atoms with van der Waals surface area (Å²) in [4.78, 5) is 15.0. The van der Waals surface area contributed by atoms with Crippen LogP contribution in [0.1, 0.15) is 0 Å². The molecule has 0 saturated carbocycles. The molecule has 21 heavy (non-hydrogen) atoms. The third-order valence-electron chi connectivity index (χ3n) is 3.28. The number of aromatic nitrogens is 3. The number of para-hydroxylation sites is 1. The zero-order chi connectivity index (χ0) is 14.7. The molecule has 2 heterocycles. The summed E-state index contributed by atoms with van der Waals surface area (Å²) < 4.78 is 10.7. The third-order valence-corrected chi connectivity index (χ3v) is 3.28. The average molecular weight is 287 g/mol. The van der Waals surface area contributed by atoms with Gasteiger partial charge in [0.15, 0.2) is 5.82 Å². The van der Waals surface area contributed by atoms with Crippen molar-refractivity contribution >= 4 is 11.9 Å². The van der Waals surface area contributed by atoms with E-state index in [2.05, 4.69) is 15.0 Å². The molecule has 7 heteroatoms. The Hall–Kier alpha value is -2.41. The molecule has 1 aliphatic heterocycles. The highest BCUT2D eigenvalue weighted by Gasteiger charge is 2.17. The van der Waals surface area contributed by atoms with Crippen LogP contribution in [-0.4, -0.2) is 48.4 Å². The lowest BCUT2D eigenvalue weighted by Gasteiger charge is -2.26. The van der Waals surface area contributed by atoms with Crippen molar-refractivity contribution in [1.29, 1.82) is 0 Å². The second-order valence-electron chi connectivity index (χ2n) is 4.62. The third kappa shape index (κ3) is 2.87. The van der Waals surface area contributed by atoms with E-state index in [0.29, 0.717) is 30.7 Å². The summed E-state index contributed by atoms with van der Waals surface area (Å²) in [5, 5.41) is 0. The first-order valence-corrected chi connectivity index (χ1v) is 6.75. The molecule has 0 bridgehead atoms. The number of nitrogens with two attached hydrogens (primary N) is 1. The Kier molecular flexibility index (Phi) is 3.83. The molecule has 0 radical (unpaired) electrons. The van der Waals surface area contributed by atoms with Crippen molar-refractivity contribution in [2.24, 2.45) is 0 Å². The van der Waals surface area contributed by atoms with Crippen LogP contribution in [0.25, 0.3) is 11.4 Å². The van der Waals surface area contributed by atoms with E-state index in [1.165, 1.54) is 0 Å². The van der Waals surface area contributed by atoms with Gasteiger partial charge in [0.25, 0.3) is 0 Å². The molecule has 1 fully saturated rings. The Morgan fingerprint density at radius 1 is 1.14 bits per heavy atom. The Labute approximate surface area is 122 Å². The summed E-state index contributed by atoms with van der Waals surface area (Å²) in [6, 6.07) is 7.57. The summed E-state index contributed by atoms with van der Waals surface area (Å²) >= 11 is 0. The smallest absolute Gasteiger partial charge is 0.230 e. The molecule has 1 aromatic carbocycles. The van der Waals surface area contributed by atoms with E-state index in [-0.39, 0.29) is 5.95 Å². The summed E-state index contributed by atoms with van der Waals surface area (Å²) in [6.07, 6.45) is 0. The molecule has 3 rings (SSSR count). The molecule has 1 aliphatic rings. The summed E-state index contributed by atoms with van der Waals surface area (Å²) in [7, 11) is 1.62. The minimum Gasteiger partial charge on any atom is -0.496 e. The maximum absolute atomic E-state index is 5.83. The summed E-state index contributed by atoms with van der Waals surface area (Å²) in [6.45, 7) is 2.81. The SMILES string of the molecule is COc1ccccc1-c1nc(N)nc(N2CCOCC2)n1. The molecule has 2 aromatic rings. The van der Waals surface area contributed by atoms with Gasteiger partial charge in [-0.3, -0.25) is 0 Å². The molecule has 0 amide bonds. The molecule has 7 nitrogen and oxygen atoms in total. The highest BCUT2D eigenvalue weighted by atomic mass is 16.5. The number of anilines is 2. The van der Waals surface area contributed by atoms with Gasteiger partial charge in [-0.2, -0.15) is 15.0 Å². The predicted molar refractivity (Wildman–Crippen MR) is 79.3 cm³/mol. The molecule has 0 spiro atoms. The normalized spacial score (nSPS) is 15.0. The van der Waals surface area contributed by atoms with Crippen LogP contribution in [0.4, 0.5) is 11.9 Å². The molecule has 1 saturated heterocycles. The van der Waals surface area contributed by atoms with Gasteiger partial charge in [-0.25, -0.2) is 0 Å². The van der Waals surface area contributed by atoms with Gasteiger partial charge in [0.05, 0.1) is 25.9 Å². The number of methoxy groups -OCH3 is 1. The van der Waals surface area contributed by atoms with Crippen LogP contribution in [0.2, 0.25) is 0 Å². The first-order chi connectivity index (χ1) is 10.3. The largest absolute Gasteiger partial charge is 0.496 e. The highest BCUT2D eigenvalue weighted by molar-refractivity contribution is 5.65. The first kappa shape index (κ1) is 13.6. The predicted octanol–water partition coefficient (Wildman–Crippen LogP) is 0.966. The molecule has 1 aromatic heterocycles. The van der Waals surface area contributed by atoms with Crippen molar-refractivity contribution in [3.8, 4) is 17.1 Å². The number of hydrogen-bond acceptors (Lipinski definition) is 7. The van der Waals surface area contributed by atoms with Gasteiger partial charge in [-0.05, 0) is 12.1 Å². The van der Waals surface area contributed by atoms with Crippen LogP contribution in [0.15, 0.2) is 24.3 Å². The van der Waals surface area contributed by atoms with Gasteiger partial charge in [0.2, 0.25) is 11.9 Å². The van der Waals surface area contributed by atoms with Crippen molar-refractivity contribution in [1.82, 2.24) is 15.0 Å². The fourth-order valence-corrected chi connectivity index (χ4v) is 2.24. The number of hydrogen-bond donors (Lipinski definition) is 1. The van der Waals surface area contributed by atoms with Gasteiger partial charge in [0.1, 0.15) is 5.75 Å². The van der Waals surface area contributed by atoms with Gasteiger partial charge >= 0.3 is 0 Å². The topological polar surface area (TPSA) is 86.4 Å². The van der Waals surface area contributed by atoms with E-state index in [4.69, 9.17) is 15.2 Å². The van der Waals surface area contributed by atoms with Crippen molar-refractivity contribution < 1.29 is 9.47 Å². The molecule has 0 atom stereocenters. The lowest BCUT2D eigenvalue weighted by Crippen LogP contribution is -2.37. The van der Waals surface area contributed by atoms with Crippen molar-refractivity contribution in [2.45, 2.75) is 0 Å². The van der Waals surface area contributed by atoms with E-state index in [1.54, 1.807) is 7.11 Å². The highest BCUT2D eigenvalue weighted by Crippen LogP contribution is 2.28. The van der Waals surface area contributed by atoms with Crippen LogP contribution in [0.5, 0.6) is 5.75 Å². The Morgan fingerprint density at radius 2 is 1.90 bits per heavy atom. The molecule has 0 aliphatic carbocycles. The fourth-order valence-electron chi connectivity index (χ4n) is 2.24. The number of benzene rings is 1. The van der Waals surface area contributed by atoms with Crippen LogP contribution in [0.3, 0.4) is 0 Å². The quantitative estimate of drug-likeness (QED) is 0.900. The monoisotopic (exact) mass is 287 g/mol. The zero-order valence-electron chi connectivity index (χ0n) is 11.8. The number of nitrogen functional groups attached to an aromatic ring is 1. The number of rotatable bonds is 3. The maximum atomic E-state index is 5.83. The lowest BCUT2D eigenvalue weighted by molar-refractivity contribution is 0.122. The van der Waals surface area contributed by atoms with Crippen LogP contribution in [-0.2, 0) is 4.74 Å². The van der Waals surface area contributed by atoms with E-state index in [0.717, 1.165) is 18.7 Å². The lowest BCUT2D eigenvalue weighted by atomic mass is 10.2. The van der Waals surface area contributed by atoms with Crippen molar-refractivity contribution in [3.63, 3.8) is 0 Å². The molecule has 110 valence electrons. The first-order valence-electron chi connectivity index (χ1n) is 6.75. The molecular weight excluding hydrogens is 270 g/mol. The van der Waals surface area contributed by atoms with Gasteiger partial charge in [0, 0.05) is 13.1 Å². The number of ether oxygens (including phenoxy) is 2. The minimum atomic E-state index is 0.201. The fraction of sp³-hybridized carbons (Fsp3) is 0.357. The summed E-state index contributed by atoms with van der Waals surface area (Å²) in [5.74, 6) is 2.00. The van der Waals surface area contributed by atoms with E-state index >= 15 is 0 Å². The van der Waals surface area contributed by atoms with Crippen LogP contribution >= 0.6 is 0 Å². The molecule has 0 unspecified atom stereocenters. The van der Waals surface area contributed by atoms with E-state index < -0.39 is 0 Å². The number of nitrogens with zero attached hydrogens (tertiary/aromatic N) is 4. The van der Waals surface area contributed by atoms with Crippen molar-refractivity contribution in [2.75, 3.05) is 44.0 Å². The minimum absolute atomic E-state index is 0.201. The standard InChI is InChI=1S/C14H17N5O2/c1-20-11-5-3-2-4-10(11)12-16-13(15)18-14(17-12)19-6-8-21-9-7-19/h2-5H,6-9H2,1H3,(H2,15,16,17,18). The zero-order valence-corrected chi connectivity index (χ0v) is 11.8. The van der Waals surface area contributed by atoms with E-state index in [1.807, 2.05) is 29.2 Å². The second-order valence-corrected chi connectivity index (χ2v) is 4.62.